The van der Waals surface area contributed by atoms with Gasteiger partial charge < -0.3 is 5.11 Å². The van der Waals surface area contributed by atoms with Crippen LogP contribution in [0.1, 0.15) is 106 Å². The molecular formula is C30H46O3. The van der Waals surface area contributed by atoms with E-state index in [4.69, 9.17) is 0 Å². The molecule has 0 radical (unpaired) electrons. The first kappa shape index (κ1) is 23.8. The summed E-state index contributed by atoms with van der Waals surface area (Å²) in [6, 6.07) is 0. The zero-order valence-electron chi connectivity index (χ0n) is 22.1. The van der Waals surface area contributed by atoms with Gasteiger partial charge in [0, 0.05) is 18.3 Å². The molecule has 0 aromatic carbocycles. The van der Waals surface area contributed by atoms with Crippen LogP contribution in [0.5, 0.6) is 0 Å². The number of aliphatic hydroxyl groups is 1. The maximum atomic E-state index is 12.8. The molecule has 3 nitrogen and oxygen atoms in total. The van der Waals surface area contributed by atoms with Crippen LogP contribution in [0, 0.1) is 50.7 Å². The van der Waals surface area contributed by atoms with E-state index in [1.165, 1.54) is 25.7 Å². The number of ketones is 2. The molecule has 0 aromatic rings. The second kappa shape index (κ2) is 7.05. The van der Waals surface area contributed by atoms with Crippen LogP contribution in [0.3, 0.4) is 0 Å². The molecule has 5 saturated carbocycles. The third kappa shape index (κ3) is 2.84. The molecule has 5 aliphatic carbocycles. The van der Waals surface area contributed by atoms with Crippen LogP contribution < -0.4 is 0 Å². The van der Waals surface area contributed by atoms with Crippen molar-refractivity contribution in [3.8, 4) is 0 Å². The van der Waals surface area contributed by atoms with Crippen molar-refractivity contribution < 1.29 is 14.7 Å². The van der Waals surface area contributed by atoms with Gasteiger partial charge in [-0.1, -0.05) is 40.2 Å². The molecule has 184 valence electrons. The fraction of sp³-hybridized carbons (Fsp3) is 0.867. The van der Waals surface area contributed by atoms with E-state index in [-0.39, 0.29) is 40.0 Å². The van der Waals surface area contributed by atoms with Crippen LogP contribution in [0.15, 0.2) is 11.6 Å². The summed E-state index contributed by atoms with van der Waals surface area (Å²) in [4.78, 5) is 25.5. The summed E-state index contributed by atoms with van der Waals surface area (Å²) in [5.74, 6) is 2.25. The first-order valence-corrected chi connectivity index (χ1v) is 13.6. The third-order valence-electron chi connectivity index (χ3n) is 12.5. The Bertz CT molecular complexity index is 912. The molecular weight excluding hydrogens is 408 g/mol. The van der Waals surface area contributed by atoms with Crippen LogP contribution in [0.2, 0.25) is 0 Å². The maximum absolute atomic E-state index is 12.8. The maximum Gasteiger partial charge on any atom is 0.155 e. The van der Waals surface area contributed by atoms with Crippen LogP contribution in [0.25, 0.3) is 0 Å². The average Bonchev–Trinajstić information content (AvgIpc) is 3.30. The van der Waals surface area contributed by atoms with E-state index in [1.54, 1.807) is 6.08 Å². The Labute approximate surface area is 201 Å². The first-order chi connectivity index (χ1) is 15.3. The number of hydrogen-bond donors (Lipinski definition) is 1. The van der Waals surface area contributed by atoms with Crippen molar-refractivity contribution in [3.05, 3.63) is 11.6 Å². The fourth-order valence-corrected chi connectivity index (χ4v) is 11.1. The van der Waals surface area contributed by atoms with Gasteiger partial charge in [0.05, 0.1) is 6.10 Å². The molecule has 3 heteroatoms. The highest BCUT2D eigenvalue weighted by Gasteiger charge is 2.82. The monoisotopic (exact) mass is 454 g/mol. The largest absolute Gasteiger partial charge is 0.393 e. The van der Waals surface area contributed by atoms with E-state index < -0.39 is 0 Å². The highest BCUT2D eigenvalue weighted by molar-refractivity contribution is 5.90. The smallest absolute Gasteiger partial charge is 0.155 e. The predicted molar refractivity (Wildman–Crippen MR) is 131 cm³/mol. The van der Waals surface area contributed by atoms with E-state index in [9.17, 15) is 14.7 Å². The van der Waals surface area contributed by atoms with E-state index in [2.05, 4.69) is 34.6 Å². The van der Waals surface area contributed by atoms with Gasteiger partial charge in [-0.25, -0.2) is 0 Å². The molecule has 33 heavy (non-hydrogen) atoms. The minimum Gasteiger partial charge on any atom is -0.393 e. The van der Waals surface area contributed by atoms with Crippen LogP contribution in [0.4, 0.5) is 0 Å². The fourth-order valence-electron chi connectivity index (χ4n) is 11.1. The van der Waals surface area contributed by atoms with Gasteiger partial charge in [-0.2, -0.15) is 0 Å². The summed E-state index contributed by atoms with van der Waals surface area (Å²) >= 11 is 0. The van der Waals surface area contributed by atoms with Crippen molar-refractivity contribution in [2.45, 2.75) is 112 Å². The van der Waals surface area contributed by atoms with Gasteiger partial charge in [-0.15, -0.1) is 0 Å². The average molecular weight is 455 g/mol. The Kier molecular flexibility index (Phi) is 5.08. The van der Waals surface area contributed by atoms with Crippen LogP contribution >= 0.6 is 0 Å². The molecule has 0 amide bonds. The van der Waals surface area contributed by atoms with E-state index in [1.807, 2.05) is 13.8 Å². The number of aliphatic hydroxyl groups excluding tert-OH is 1. The predicted octanol–water partition coefficient (Wildman–Crippen LogP) is 6.53. The summed E-state index contributed by atoms with van der Waals surface area (Å²) < 4.78 is 0. The highest BCUT2D eigenvalue weighted by atomic mass is 16.3. The Morgan fingerprint density at radius 3 is 2.33 bits per heavy atom. The molecule has 0 aromatic heterocycles. The second-order valence-corrected chi connectivity index (χ2v) is 14.3. The van der Waals surface area contributed by atoms with Crippen molar-refractivity contribution in [1.82, 2.24) is 0 Å². The Morgan fingerprint density at radius 2 is 1.67 bits per heavy atom. The molecule has 1 unspecified atom stereocenters. The van der Waals surface area contributed by atoms with Crippen molar-refractivity contribution in [2.24, 2.45) is 50.7 Å². The first-order valence-electron chi connectivity index (χ1n) is 13.6. The minimum absolute atomic E-state index is 0.0730. The number of carbonyl (C=O) groups excluding carboxylic acids is 2. The summed E-state index contributed by atoms with van der Waals surface area (Å²) in [5, 5.41) is 11.5. The Hall–Kier alpha value is -0.960. The third-order valence-corrected chi connectivity index (χ3v) is 12.5. The lowest BCUT2D eigenvalue weighted by molar-refractivity contribution is -0.157. The standard InChI is InChI=1S/C30H46O3/c1-18(2)14-20(31)15-19(3)25-21(32)16-28(7)23-9-8-22-26(4,5)24(33)10-11-29(22)17-30(23,29)13-12-27(25,28)6/h14,19,21-23,25,32H,8-13,15-17H2,1-7H3/t19-,21-,22+,23+,25+,27-,28+,29-,30?/m1/s1. The zero-order valence-corrected chi connectivity index (χ0v) is 22.1. The lowest BCUT2D eigenvalue weighted by Gasteiger charge is -2.62. The molecule has 5 fully saturated rings. The van der Waals surface area contributed by atoms with Crippen molar-refractivity contribution in [2.75, 3.05) is 0 Å². The van der Waals surface area contributed by atoms with Gasteiger partial charge in [0.2, 0.25) is 0 Å². The zero-order chi connectivity index (χ0) is 24.2. The van der Waals surface area contributed by atoms with Gasteiger partial charge in [0.15, 0.2) is 5.78 Å². The van der Waals surface area contributed by atoms with Gasteiger partial charge in [-0.3, -0.25) is 9.59 Å². The van der Waals surface area contributed by atoms with Gasteiger partial charge in [0.25, 0.3) is 0 Å². The minimum atomic E-state index is -0.318. The van der Waals surface area contributed by atoms with E-state index >= 15 is 0 Å². The number of fused-ring (bicyclic) bond motifs is 2. The van der Waals surface area contributed by atoms with Crippen LogP contribution in [-0.2, 0) is 9.59 Å². The van der Waals surface area contributed by atoms with Gasteiger partial charge in [-0.05, 0) is 110 Å². The number of hydrogen-bond acceptors (Lipinski definition) is 3. The lowest BCUT2D eigenvalue weighted by atomic mass is 9.42. The molecule has 0 bridgehead atoms. The normalized spacial score (nSPS) is 50.4. The molecule has 5 rings (SSSR count). The summed E-state index contributed by atoms with van der Waals surface area (Å²) in [7, 11) is 0. The molecule has 5 aliphatic rings. The van der Waals surface area contributed by atoms with Gasteiger partial charge >= 0.3 is 0 Å². The second-order valence-electron chi connectivity index (χ2n) is 14.3. The summed E-state index contributed by atoms with van der Waals surface area (Å²) in [5.41, 5.74) is 1.82. The van der Waals surface area contributed by atoms with Crippen molar-refractivity contribution in [1.29, 1.82) is 0 Å². The quantitative estimate of drug-likeness (QED) is 0.492. The number of rotatable bonds is 4. The SMILES string of the molecule is CC(C)=CC(=O)C[C@@H](C)[C@H]1[C@H](O)C[C@@]2(C)[C@@H]3CC[C@H]4C(C)(C)C(=O)CC[C@@]45CC35CC[C@]12C. The topological polar surface area (TPSA) is 54.4 Å². The molecule has 1 N–H and O–H groups in total. The van der Waals surface area contributed by atoms with E-state index in [0.717, 1.165) is 31.3 Å². The molecule has 0 heterocycles. The van der Waals surface area contributed by atoms with Gasteiger partial charge in [0.1, 0.15) is 5.78 Å². The van der Waals surface area contributed by atoms with Crippen molar-refractivity contribution >= 4 is 11.6 Å². The molecule has 0 saturated heterocycles. The molecule has 0 aliphatic heterocycles. The number of Topliss-reactive ketones (excluding diaryl/α,β-unsaturated/α-hetero) is 1. The summed E-state index contributed by atoms with van der Waals surface area (Å²) in [6.07, 6.45) is 10.8. The molecule has 9 atom stereocenters. The Balaban J connectivity index is 1.45. The van der Waals surface area contributed by atoms with Crippen LogP contribution in [-0.4, -0.2) is 22.8 Å². The Morgan fingerprint density at radius 1 is 1.03 bits per heavy atom. The molecule has 2 spiro atoms. The summed E-state index contributed by atoms with van der Waals surface area (Å²) in [6.45, 7) is 15.6. The van der Waals surface area contributed by atoms with E-state index in [0.29, 0.717) is 34.9 Å². The highest BCUT2D eigenvalue weighted by Crippen LogP contribution is 2.88. The lowest BCUT2D eigenvalue weighted by Crippen LogP contribution is -2.57. The van der Waals surface area contributed by atoms with Crippen molar-refractivity contribution in [3.63, 3.8) is 0 Å². The number of allylic oxidation sites excluding steroid dienone is 2. The number of carbonyl (C=O) groups is 2.